The fraction of sp³-hybridized carbons (Fsp3) is 0.188. The van der Waals surface area contributed by atoms with Crippen LogP contribution in [0.3, 0.4) is 0 Å². The molecule has 7 nitrogen and oxygen atoms in total. The van der Waals surface area contributed by atoms with Crippen LogP contribution in [0.4, 0.5) is 0 Å². The van der Waals surface area contributed by atoms with Crippen LogP contribution in [0.25, 0.3) is 11.1 Å². The molecule has 0 aliphatic carbocycles. The topological polar surface area (TPSA) is 139 Å². The molecule has 6 N–H and O–H groups in total. The molecule has 0 saturated heterocycles. The molecule has 1 unspecified atom stereocenters. The number of amidine groups is 1. The fourth-order valence-electron chi connectivity index (χ4n) is 5.15. The normalized spacial score (nSPS) is 12.8. The number of nitrogens with one attached hydrogen (secondary N) is 2. The average Bonchev–Trinajstić information content (AvgIpc) is 2.96. The zero-order chi connectivity index (χ0) is 28.8. The third kappa shape index (κ3) is 6.47. The van der Waals surface area contributed by atoms with Crippen LogP contribution in [-0.2, 0) is 33.2 Å². The van der Waals surface area contributed by atoms with Gasteiger partial charge in [-0.3, -0.25) is 10.2 Å². The first kappa shape index (κ1) is 28.7. The summed E-state index contributed by atoms with van der Waals surface area (Å²) < 4.78 is 24.4. The van der Waals surface area contributed by atoms with E-state index in [1.807, 2.05) is 66.7 Å². The van der Waals surface area contributed by atoms with Crippen LogP contribution in [0.1, 0.15) is 42.0 Å². The summed E-state index contributed by atoms with van der Waals surface area (Å²) in [6.45, 7) is 2.35. The lowest BCUT2D eigenvalue weighted by Crippen LogP contribution is -2.46. The van der Waals surface area contributed by atoms with E-state index in [1.54, 1.807) is 30.3 Å². The van der Waals surface area contributed by atoms with Crippen LogP contribution in [0, 0.1) is 5.41 Å². The Hall–Kier alpha value is -4.27. The molecular weight excluding hydrogens is 520 g/mol. The van der Waals surface area contributed by atoms with E-state index in [9.17, 15) is 13.2 Å². The van der Waals surface area contributed by atoms with Gasteiger partial charge in [0.05, 0.1) is 10.3 Å². The molecule has 0 aliphatic rings. The summed E-state index contributed by atoms with van der Waals surface area (Å²) in [5.41, 5.74) is 9.31. The van der Waals surface area contributed by atoms with E-state index in [0.717, 1.165) is 23.1 Å². The summed E-state index contributed by atoms with van der Waals surface area (Å²) >= 11 is 0. The Bertz CT molecular complexity index is 1600. The number of nitrogen functional groups attached to an aromatic ring is 1. The van der Waals surface area contributed by atoms with Crippen molar-refractivity contribution < 1.29 is 13.2 Å². The van der Waals surface area contributed by atoms with Crippen molar-refractivity contribution in [3.8, 4) is 11.1 Å². The van der Waals surface area contributed by atoms with E-state index >= 15 is 0 Å². The van der Waals surface area contributed by atoms with E-state index < -0.39 is 15.4 Å². The van der Waals surface area contributed by atoms with Crippen molar-refractivity contribution in [1.82, 2.24) is 5.32 Å². The number of hydrogen-bond donors (Lipinski definition) is 4. The Balaban J connectivity index is 1.73. The first-order valence-corrected chi connectivity index (χ1v) is 14.7. The van der Waals surface area contributed by atoms with Crippen LogP contribution in [0.5, 0.6) is 0 Å². The number of benzene rings is 4. The molecule has 206 valence electrons. The van der Waals surface area contributed by atoms with E-state index in [2.05, 4.69) is 12.2 Å². The minimum absolute atomic E-state index is 0.0262. The first-order chi connectivity index (χ1) is 19.1. The van der Waals surface area contributed by atoms with E-state index in [4.69, 9.17) is 16.3 Å². The standard InChI is InChI=1S/C32H34N4O3S/c1-2-19-32(21-23-9-4-3-5-10-23,31(37)36-22-24-11-8-12-26(20-24)30(33)34)27-17-15-25(16-18-27)28-13-6-7-14-29(28)40(35,38)39/h3-18,20H,2,19,21-22H2,1H3,(H3,33,34)(H,36,37)(H2,35,38,39). The second-order valence-corrected chi connectivity index (χ2v) is 11.4. The highest BCUT2D eigenvalue weighted by molar-refractivity contribution is 7.89. The number of hydrogen-bond acceptors (Lipinski definition) is 4. The molecule has 8 heteroatoms. The number of rotatable bonds is 11. The molecule has 0 heterocycles. The third-order valence-corrected chi connectivity index (χ3v) is 8.06. The van der Waals surface area contributed by atoms with Gasteiger partial charge in [0.15, 0.2) is 0 Å². The zero-order valence-electron chi connectivity index (χ0n) is 22.4. The van der Waals surface area contributed by atoms with Crippen LogP contribution < -0.4 is 16.2 Å². The molecule has 0 fully saturated rings. The summed E-state index contributed by atoms with van der Waals surface area (Å²) in [7, 11) is -3.91. The molecule has 4 aromatic carbocycles. The van der Waals surface area contributed by atoms with Gasteiger partial charge in [-0.05, 0) is 47.2 Å². The number of primary sulfonamides is 1. The van der Waals surface area contributed by atoms with Crippen LogP contribution in [0.2, 0.25) is 0 Å². The quantitative estimate of drug-likeness (QED) is 0.155. The first-order valence-electron chi connectivity index (χ1n) is 13.1. The molecule has 0 aromatic heterocycles. The Kier molecular flexibility index (Phi) is 8.82. The van der Waals surface area contributed by atoms with Gasteiger partial charge in [0, 0.05) is 17.7 Å². The van der Waals surface area contributed by atoms with Gasteiger partial charge in [-0.15, -0.1) is 0 Å². The van der Waals surface area contributed by atoms with Crippen LogP contribution >= 0.6 is 0 Å². The highest BCUT2D eigenvalue weighted by Crippen LogP contribution is 2.36. The minimum Gasteiger partial charge on any atom is -0.384 e. The van der Waals surface area contributed by atoms with Crippen molar-refractivity contribution in [3.05, 3.63) is 125 Å². The maximum atomic E-state index is 14.1. The fourth-order valence-corrected chi connectivity index (χ4v) is 5.91. The van der Waals surface area contributed by atoms with E-state index in [1.165, 1.54) is 6.07 Å². The number of carbonyl (C=O) groups excluding carboxylic acids is 1. The average molecular weight is 555 g/mol. The van der Waals surface area contributed by atoms with Crippen molar-refractivity contribution in [2.45, 2.75) is 43.0 Å². The predicted octanol–water partition coefficient (Wildman–Crippen LogP) is 4.88. The van der Waals surface area contributed by atoms with Gasteiger partial charge in [-0.25, -0.2) is 13.6 Å². The van der Waals surface area contributed by atoms with Crippen molar-refractivity contribution in [2.24, 2.45) is 10.9 Å². The lowest BCUT2D eigenvalue weighted by atomic mass is 9.71. The summed E-state index contributed by atoms with van der Waals surface area (Å²) in [5.74, 6) is -0.134. The molecule has 4 aromatic rings. The maximum Gasteiger partial charge on any atom is 0.238 e. The van der Waals surface area contributed by atoms with Gasteiger partial charge in [-0.2, -0.15) is 0 Å². The molecule has 0 saturated carbocycles. The Morgan fingerprint density at radius 2 is 1.52 bits per heavy atom. The highest BCUT2D eigenvalue weighted by atomic mass is 32.2. The van der Waals surface area contributed by atoms with Gasteiger partial charge in [0.2, 0.25) is 15.9 Å². The van der Waals surface area contributed by atoms with Crippen LogP contribution in [-0.4, -0.2) is 20.2 Å². The van der Waals surface area contributed by atoms with Gasteiger partial charge >= 0.3 is 0 Å². The summed E-state index contributed by atoms with van der Waals surface area (Å²) in [5, 5.41) is 16.3. The summed E-state index contributed by atoms with van der Waals surface area (Å²) in [6, 6.07) is 31.3. The number of sulfonamides is 1. The smallest absolute Gasteiger partial charge is 0.238 e. The van der Waals surface area contributed by atoms with E-state index in [0.29, 0.717) is 36.1 Å². The minimum atomic E-state index is -3.91. The second kappa shape index (κ2) is 12.3. The third-order valence-electron chi connectivity index (χ3n) is 7.09. The monoisotopic (exact) mass is 554 g/mol. The Morgan fingerprint density at radius 3 is 2.17 bits per heavy atom. The maximum absolute atomic E-state index is 14.1. The molecule has 0 radical (unpaired) electrons. The molecular formula is C32H34N4O3S. The molecule has 1 amide bonds. The molecule has 40 heavy (non-hydrogen) atoms. The van der Waals surface area contributed by atoms with Gasteiger partial charge < -0.3 is 11.1 Å². The number of carbonyl (C=O) groups is 1. The van der Waals surface area contributed by atoms with Gasteiger partial charge in [-0.1, -0.05) is 104 Å². The summed E-state index contributed by atoms with van der Waals surface area (Å²) in [4.78, 5) is 14.2. The zero-order valence-corrected chi connectivity index (χ0v) is 23.2. The van der Waals surface area contributed by atoms with Crippen molar-refractivity contribution in [1.29, 1.82) is 5.41 Å². The molecule has 0 spiro atoms. The number of nitrogens with two attached hydrogens (primary N) is 2. The predicted molar refractivity (Wildman–Crippen MR) is 159 cm³/mol. The van der Waals surface area contributed by atoms with Crippen molar-refractivity contribution in [2.75, 3.05) is 0 Å². The molecule has 1 atom stereocenters. The molecule has 4 rings (SSSR count). The van der Waals surface area contributed by atoms with Crippen LogP contribution in [0.15, 0.2) is 108 Å². The molecule has 0 aliphatic heterocycles. The van der Waals surface area contributed by atoms with Crippen molar-refractivity contribution >= 4 is 21.8 Å². The van der Waals surface area contributed by atoms with Gasteiger partial charge in [0.25, 0.3) is 0 Å². The lowest BCUT2D eigenvalue weighted by molar-refractivity contribution is -0.127. The second-order valence-electron chi connectivity index (χ2n) is 9.91. The largest absolute Gasteiger partial charge is 0.384 e. The molecule has 0 bridgehead atoms. The Labute approximate surface area is 235 Å². The highest BCUT2D eigenvalue weighted by Gasteiger charge is 2.39. The Morgan fingerprint density at radius 1 is 0.875 bits per heavy atom. The van der Waals surface area contributed by atoms with Gasteiger partial charge in [0.1, 0.15) is 5.84 Å². The summed E-state index contributed by atoms with van der Waals surface area (Å²) in [6.07, 6.45) is 1.87. The van der Waals surface area contributed by atoms with E-state index in [-0.39, 0.29) is 16.6 Å². The SMILES string of the molecule is CCCC(Cc1ccccc1)(C(=O)NCc1cccc(C(=N)N)c1)c1ccc(-c2ccccc2S(N)(=O)=O)cc1. The van der Waals surface area contributed by atoms with Crippen molar-refractivity contribution in [3.63, 3.8) is 0 Å². The lowest BCUT2D eigenvalue weighted by Gasteiger charge is -2.33. The number of amides is 1.